The molecular weight excluding hydrogens is 711 g/mol. The Kier molecular flexibility index (Phi) is 11.2. The summed E-state index contributed by atoms with van der Waals surface area (Å²) in [5.41, 5.74) is 18.8. The van der Waals surface area contributed by atoms with Crippen LogP contribution in [0.15, 0.2) is 195 Å². The Labute approximate surface area is 351 Å². The van der Waals surface area contributed by atoms with Gasteiger partial charge in [-0.2, -0.15) is 0 Å². The lowest BCUT2D eigenvalue weighted by molar-refractivity contribution is 0.661. The maximum atomic E-state index is 3.48. The van der Waals surface area contributed by atoms with Gasteiger partial charge < -0.3 is 4.57 Å². The first kappa shape index (κ1) is 39.4. The van der Waals surface area contributed by atoms with Crippen LogP contribution in [0.25, 0.3) is 60.9 Å². The molecule has 0 aliphatic heterocycles. The van der Waals surface area contributed by atoms with Crippen molar-refractivity contribution in [3.05, 3.63) is 223 Å². The number of nitrogens with zero attached hydrogens (tertiary/aromatic N) is 1. The van der Waals surface area contributed by atoms with Crippen LogP contribution in [0, 0.1) is 6.92 Å². The van der Waals surface area contributed by atoms with Gasteiger partial charge in [0.2, 0.25) is 0 Å². The van der Waals surface area contributed by atoms with Crippen molar-refractivity contribution in [2.75, 3.05) is 0 Å². The summed E-state index contributed by atoms with van der Waals surface area (Å²) in [4.78, 5) is 0. The van der Waals surface area contributed by atoms with Crippen LogP contribution in [-0.2, 0) is 5.41 Å². The van der Waals surface area contributed by atoms with E-state index in [1.807, 2.05) is 32.1 Å². The number of hydrogen-bond donors (Lipinski definition) is 0. The van der Waals surface area contributed by atoms with Gasteiger partial charge in [-0.15, -0.1) is 6.58 Å². The van der Waals surface area contributed by atoms with E-state index in [9.17, 15) is 0 Å². The first-order chi connectivity index (χ1) is 28.9. The predicted molar refractivity (Wildman–Crippen MR) is 256 cm³/mol. The first-order valence-corrected chi connectivity index (χ1v) is 21.4. The fourth-order valence-electron chi connectivity index (χ4n) is 9.25. The molecule has 2 unspecified atom stereocenters. The molecule has 0 fully saturated rings. The van der Waals surface area contributed by atoms with Crippen molar-refractivity contribution in [1.29, 1.82) is 0 Å². The van der Waals surface area contributed by atoms with Gasteiger partial charge in [0.15, 0.2) is 0 Å². The van der Waals surface area contributed by atoms with Gasteiger partial charge >= 0.3 is 0 Å². The molecule has 59 heavy (non-hydrogen) atoms. The molecule has 0 saturated carbocycles. The molecule has 1 nitrogen and oxygen atoms in total. The van der Waals surface area contributed by atoms with Crippen LogP contribution in [-0.4, -0.2) is 4.57 Å². The number of aryl methyl sites for hydroxylation is 1. The van der Waals surface area contributed by atoms with Gasteiger partial charge in [-0.05, 0) is 105 Å². The third kappa shape index (κ3) is 7.10. The zero-order valence-electron chi connectivity index (χ0n) is 35.4. The zero-order valence-corrected chi connectivity index (χ0v) is 35.4. The molecular formula is C58H55N. The molecule has 0 bridgehead atoms. The van der Waals surface area contributed by atoms with E-state index in [4.69, 9.17) is 0 Å². The molecule has 1 aromatic heterocycles. The van der Waals surface area contributed by atoms with Gasteiger partial charge in [-0.1, -0.05) is 192 Å². The lowest BCUT2D eigenvalue weighted by atomic mass is 9.70. The highest BCUT2D eigenvalue weighted by atomic mass is 15.0. The summed E-state index contributed by atoms with van der Waals surface area (Å²) >= 11 is 0. The quantitative estimate of drug-likeness (QED) is 0.158. The van der Waals surface area contributed by atoms with E-state index in [2.05, 4.69) is 209 Å². The van der Waals surface area contributed by atoms with Crippen LogP contribution in [0.2, 0.25) is 0 Å². The maximum Gasteiger partial charge on any atom is 0.0544 e. The van der Waals surface area contributed by atoms with Crippen molar-refractivity contribution in [1.82, 2.24) is 4.57 Å². The van der Waals surface area contributed by atoms with Crippen molar-refractivity contribution in [2.45, 2.75) is 65.2 Å². The zero-order chi connectivity index (χ0) is 41.1. The van der Waals surface area contributed by atoms with E-state index >= 15 is 0 Å². The van der Waals surface area contributed by atoms with E-state index in [0.29, 0.717) is 11.8 Å². The van der Waals surface area contributed by atoms with Crippen LogP contribution in [0.3, 0.4) is 0 Å². The molecule has 0 N–H and O–H groups in total. The average molecular weight is 766 g/mol. The topological polar surface area (TPSA) is 4.93 Å². The summed E-state index contributed by atoms with van der Waals surface area (Å²) in [6.45, 7) is 16.5. The van der Waals surface area contributed by atoms with Crippen molar-refractivity contribution in [2.24, 2.45) is 0 Å². The van der Waals surface area contributed by atoms with E-state index in [0.717, 1.165) is 6.42 Å². The Bertz CT molecular complexity index is 2770. The predicted octanol–water partition coefficient (Wildman–Crippen LogP) is 16.3. The van der Waals surface area contributed by atoms with Crippen molar-refractivity contribution in [3.63, 3.8) is 0 Å². The first-order valence-electron chi connectivity index (χ1n) is 21.4. The third-order valence-electron chi connectivity index (χ3n) is 12.2. The SMILES string of the molecule is C=CCC.CC.Cc1ccc(-n2c3cc4c(cc3c3cc5c(cc32)C(C)(C)c2ccccc2-5)-c2ccccc2C2C=CC=CC42)cc1.c1ccc(-c2ccccc2)cc1. The van der Waals surface area contributed by atoms with Gasteiger partial charge in [-0.3, -0.25) is 0 Å². The number of allylic oxidation sites excluding steroid dienone is 5. The Morgan fingerprint density at radius 2 is 1.05 bits per heavy atom. The molecule has 1 heteroatoms. The molecule has 8 aromatic rings. The molecule has 3 aliphatic carbocycles. The molecule has 7 aromatic carbocycles. The van der Waals surface area contributed by atoms with E-state index < -0.39 is 0 Å². The molecule has 292 valence electrons. The molecule has 0 radical (unpaired) electrons. The summed E-state index contributed by atoms with van der Waals surface area (Å²) in [6, 6.07) is 57.8. The summed E-state index contributed by atoms with van der Waals surface area (Å²) in [6.07, 6.45) is 12.2. The Hall–Kier alpha value is -6.44. The van der Waals surface area contributed by atoms with Gasteiger partial charge in [-0.25, -0.2) is 0 Å². The van der Waals surface area contributed by atoms with Crippen LogP contribution >= 0.6 is 0 Å². The maximum absolute atomic E-state index is 3.48. The number of benzene rings is 7. The van der Waals surface area contributed by atoms with Crippen molar-refractivity contribution in [3.8, 4) is 39.1 Å². The summed E-state index contributed by atoms with van der Waals surface area (Å²) in [5.74, 6) is 0.717. The molecule has 11 rings (SSSR count). The number of hydrogen-bond acceptors (Lipinski definition) is 0. The molecule has 1 heterocycles. The van der Waals surface area contributed by atoms with Crippen LogP contribution in [0.5, 0.6) is 0 Å². The second-order valence-corrected chi connectivity index (χ2v) is 16.1. The van der Waals surface area contributed by atoms with Gasteiger partial charge in [0.25, 0.3) is 0 Å². The summed E-state index contributed by atoms with van der Waals surface area (Å²) in [7, 11) is 0. The van der Waals surface area contributed by atoms with E-state index in [-0.39, 0.29) is 5.41 Å². The Morgan fingerprint density at radius 1 is 0.542 bits per heavy atom. The van der Waals surface area contributed by atoms with Crippen LogP contribution in [0.4, 0.5) is 0 Å². The highest BCUT2D eigenvalue weighted by Gasteiger charge is 2.37. The number of fused-ring (bicyclic) bond motifs is 12. The minimum Gasteiger partial charge on any atom is -0.309 e. The fraction of sp³-hybridized carbons (Fsp3) is 0.172. The Morgan fingerprint density at radius 3 is 1.66 bits per heavy atom. The fourth-order valence-corrected chi connectivity index (χ4v) is 9.25. The number of rotatable bonds is 3. The van der Waals surface area contributed by atoms with Crippen LogP contribution < -0.4 is 0 Å². The largest absolute Gasteiger partial charge is 0.309 e. The summed E-state index contributed by atoms with van der Waals surface area (Å²) in [5, 5.41) is 2.65. The highest BCUT2D eigenvalue weighted by Crippen LogP contribution is 2.54. The summed E-state index contributed by atoms with van der Waals surface area (Å²) < 4.78 is 2.52. The van der Waals surface area contributed by atoms with Gasteiger partial charge in [0, 0.05) is 33.7 Å². The minimum atomic E-state index is -0.0424. The molecule has 0 saturated heterocycles. The highest BCUT2D eigenvalue weighted by molar-refractivity contribution is 6.13. The molecule has 2 atom stereocenters. The molecule has 3 aliphatic rings. The lowest BCUT2D eigenvalue weighted by Gasteiger charge is -2.34. The Balaban J connectivity index is 0.000000225. The van der Waals surface area contributed by atoms with Gasteiger partial charge in [0.1, 0.15) is 0 Å². The minimum absolute atomic E-state index is 0.0424. The third-order valence-corrected chi connectivity index (χ3v) is 12.2. The van der Waals surface area contributed by atoms with Gasteiger partial charge in [0.05, 0.1) is 11.0 Å². The monoisotopic (exact) mass is 765 g/mol. The lowest BCUT2D eigenvalue weighted by Crippen LogP contribution is -2.16. The van der Waals surface area contributed by atoms with Crippen molar-refractivity contribution < 1.29 is 0 Å². The average Bonchev–Trinajstić information content (AvgIpc) is 3.73. The standard InChI is InChI=1S/C40H31N.C12H10.C4H8.C2H6/c1-24-16-18-25(19-17-24)41-38-22-32-29-13-7-5-11-27(29)26-10-4-6-12-28(26)31(32)20-34(38)35-21-33-30-14-8-9-15-36(30)40(2,3)37(33)23-39(35)41;1-3-7-11(8-4-1)12-9-5-2-6-10-12;1-3-4-2;1-2/h4-23,27,29H,1-3H3;1-10H;3H,1,4H2,2H3;1-2H3. The van der Waals surface area contributed by atoms with E-state index in [1.54, 1.807) is 0 Å². The van der Waals surface area contributed by atoms with E-state index in [1.165, 1.54) is 88.7 Å². The number of aromatic nitrogens is 1. The van der Waals surface area contributed by atoms with Crippen molar-refractivity contribution >= 4 is 21.8 Å². The molecule has 0 spiro atoms. The van der Waals surface area contributed by atoms with Crippen LogP contribution in [0.1, 0.15) is 80.7 Å². The molecule has 0 amide bonds. The second-order valence-electron chi connectivity index (χ2n) is 16.1. The smallest absolute Gasteiger partial charge is 0.0544 e. The normalized spacial score (nSPS) is 15.8. The second kappa shape index (κ2) is 16.8.